The van der Waals surface area contributed by atoms with Gasteiger partial charge in [0.2, 0.25) is 5.91 Å². The number of nitrogens with one attached hydrogen (secondary N) is 1. The largest absolute Gasteiger partial charge is 0.497 e. The summed E-state index contributed by atoms with van der Waals surface area (Å²) in [5, 5.41) is 3.35. The molecule has 116 valence electrons. The summed E-state index contributed by atoms with van der Waals surface area (Å²) in [4.78, 5) is 16.3. The van der Waals surface area contributed by atoms with Crippen molar-refractivity contribution in [3.63, 3.8) is 0 Å². The first kappa shape index (κ1) is 15.8. The lowest BCUT2D eigenvalue weighted by molar-refractivity contribution is -0.131. The summed E-state index contributed by atoms with van der Waals surface area (Å²) in [7, 11) is 3.52. The van der Waals surface area contributed by atoms with Gasteiger partial charge in [-0.15, -0.1) is 0 Å². The van der Waals surface area contributed by atoms with E-state index in [0.717, 1.165) is 43.9 Å². The number of methoxy groups -OCH3 is 1. The van der Waals surface area contributed by atoms with E-state index in [1.54, 1.807) is 12.0 Å². The molecule has 5 heteroatoms. The summed E-state index contributed by atoms with van der Waals surface area (Å²) in [6.07, 6.45) is 1.11. The third-order valence-electron chi connectivity index (χ3n) is 3.80. The Labute approximate surface area is 126 Å². The van der Waals surface area contributed by atoms with Crippen molar-refractivity contribution >= 4 is 5.91 Å². The van der Waals surface area contributed by atoms with E-state index in [1.807, 2.05) is 31.3 Å². The molecule has 0 unspecified atom stereocenters. The Bertz CT molecular complexity index is 439. The van der Waals surface area contributed by atoms with Crippen LogP contribution in [0.5, 0.6) is 5.75 Å². The highest BCUT2D eigenvalue weighted by molar-refractivity contribution is 5.78. The van der Waals surface area contributed by atoms with Crippen LogP contribution in [0.2, 0.25) is 0 Å². The van der Waals surface area contributed by atoms with Crippen LogP contribution in [0, 0.1) is 0 Å². The van der Waals surface area contributed by atoms with E-state index in [-0.39, 0.29) is 5.91 Å². The Morgan fingerprint density at radius 2 is 2.05 bits per heavy atom. The minimum atomic E-state index is 0.174. The van der Waals surface area contributed by atoms with Crippen LogP contribution < -0.4 is 10.1 Å². The Kier molecular flexibility index (Phi) is 6.02. The van der Waals surface area contributed by atoms with Crippen molar-refractivity contribution in [2.45, 2.75) is 13.0 Å². The molecule has 1 fully saturated rings. The molecule has 0 aromatic heterocycles. The lowest BCUT2D eigenvalue weighted by Gasteiger charge is -2.23. The van der Waals surface area contributed by atoms with E-state index in [1.165, 1.54) is 0 Å². The van der Waals surface area contributed by atoms with Gasteiger partial charge < -0.3 is 15.0 Å². The second-order valence-corrected chi connectivity index (χ2v) is 5.48. The number of amides is 1. The van der Waals surface area contributed by atoms with E-state index < -0.39 is 0 Å². The third kappa shape index (κ3) is 5.02. The van der Waals surface area contributed by atoms with Gasteiger partial charge in [0, 0.05) is 26.7 Å². The molecular weight excluding hydrogens is 266 g/mol. The van der Waals surface area contributed by atoms with Crippen molar-refractivity contribution in [2.24, 2.45) is 0 Å². The fraction of sp³-hybridized carbons (Fsp3) is 0.562. The summed E-state index contributed by atoms with van der Waals surface area (Å²) in [5.74, 6) is 1.01. The number of carbonyl (C=O) groups excluding carboxylic acids is 1. The topological polar surface area (TPSA) is 44.8 Å². The van der Waals surface area contributed by atoms with Crippen LogP contribution in [0.1, 0.15) is 12.0 Å². The van der Waals surface area contributed by atoms with Gasteiger partial charge in [0.25, 0.3) is 0 Å². The number of carbonyl (C=O) groups is 1. The molecule has 0 spiro atoms. The zero-order chi connectivity index (χ0) is 15.1. The first-order chi connectivity index (χ1) is 10.2. The molecule has 0 bridgehead atoms. The molecule has 1 N–H and O–H groups in total. The average Bonchev–Trinajstić information content (AvgIpc) is 2.76. The SMILES string of the molecule is COc1ccc(CN(C)C(=O)CN2CCCNCC2)cc1. The minimum Gasteiger partial charge on any atom is -0.497 e. The maximum atomic E-state index is 12.3. The Morgan fingerprint density at radius 3 is 2.76 bits per heavy atom. The van der Waals surface area contributed by atoms with Crippen molar-refractivity contribution in [2.75, 3.05) is 46.9 Å². The van der Waals surface area contributed by atoms with Gasteiger partial charge in [0.15, 0.2) is 0 Å². The van der Waals surface area contributed by atoms with Crippen LogP contribution in [-0.2, 0) is 11.3 Å². The molecule has 1 aromatic rings. The molecule has 1 aliphatic rings. The van der Waals surface area contributed by atoms with E-state index in [2.05, 4.69) is 10.2 Å². The predicted molar refractivity (Wildman–Crippen MR) is 83.4 cm³/mol. The van der Waals surface area contributed by atoms with Crippen molar-refractivity contribution < 1.29 is 9.53 Å². The first-order valence-electron chi connectivity index (χ1n) is 7.49. The molecule has 1 aromatic carbocycles. The summed E-state index contributed by atoms with van der Waals surface area (Å²) in [6.45, 7) is 5.10. The highest BCUT2D eigenvalue weighted by atomic mass is 16.5. The molecule has 0 atom stereocenters. The highest BCUT2D eigenvalue weighted by Gasteiger charge is 2.15. The predicted octanol–water partition coefficient (Wildman–Crippen LogP) is 0.949. The van der Waals surface area contributed by atoms with Gasteiger partial charge in [0.05, 0.1) is 13.7 Å². The van der Waals surface area contributed by atoms with Crippen LogP contribution in [0.4, 0.5) is 0 Å². The maximum Gasteiger partial charge on any atom is 0.236 e. The molecule has 5 nitrogen and oxygen atoms in total. The lowest BCUT2D eigenvalue weighted by Crippen LogP contribution is -2.39. The van der Waals surface area contributed by atoms with Crippen LogP contribution in [-0.4, -0.2) is 62.6 Å². The van der Waals surface area contributed by atoms with E-state index in [0.29, 0.717) is 13.1 Å². The second kappa shape index (κ2) is 8.00. The zero-order valence-corrected chi connectivity index (χ0v) is 13.0. The molecule has 1 aliphatic heterocycles. The normalized spacial score (nSPS) is 16.3. The maximum absolute atomic E-state index is 12.3. The Morgan fingerprint density at radius 1 is 1.29 bits per heavy atom. The van der Waals surface area contributed by atoms with E-state index in [9.17, 15) is 4.79 Å². The Hall–Kier alpha value is -1.59. The van der Waals surface area contributed by atoms with Crippen LogP contribution in [0.25, 0.3) is 0 Å². The second-order valence-electron chi connectivity index (χ2n) is 5.48. The molecule has 21 heavy (non-hydrogen) atoms. The summed E-state index contributed by atoms with van der Waals surface area (Å²) < 4.78 is 5.14. The molecule has 1 amide bonds. The quantitative estimate of drug-likeness (QED) is 0.877. The highest BCUT2D eigenvalue weighted by Crippen LogP contribution is 2.12. The minimum absolute atomic E-state index is 0.174. The molecule has 0 aliphatic carbocycles. The van der Waals surface area contributed by atoms with Crippen molar-refractivity contribution in [1.82, 2.24) is 15.1 Å². The van der Waals surface area contributed by atoms with Crippen LogP contribution in [0.3, 0.4) is 0 Å². The van der Waals surface area contributed by atoms with Crippen molar-refractivity contribution in [3.8, 4) is 5.75 Å². The van der Waals surface area contributed by atoms with Crippen molar-refractivity contribution in [3.05, 3.63) is 29.8 Å². The lowest BCUT2D eigenvalue weighted by atomic mass is 10.2. The average molecular weight is 291 g/mol. The van der Waals surface area contributed by atoms with E-state index >= 15 is 0 Å². The smallest absolute Gasteiger partial charge is 0.236 e. The number of benzene rings is 1. The molecule has 2 rings (SSSR count). The number of rotatable bonds is 5. The number of nitrogens with zero attached hydrogens (tertiary/aromatic N) is 2. The monoisotopic (exact) mass is 291 g/mol. The first-order valence-corrected chi connectivity index (χ1v) is 7.49. The third-order valence-corrected chi connectivity index (χ3v) is 3.80. The summed E-state index contributed by atoms with van der Waals surface area (Å²) in [6, 6.07) is 7.85. The van der Waals surface area contributed by atoms with Gasteiger partial charge in [-0.05, 0) is 37.2 Å². The molecule has 1 heterocycles. The Balaban J connectivity index is 1.83. The zero-order valence-electron chi connectivity index (χ0n) is 13.0. The van der Waals surface area contributed by atoms with Gasteiger partial charge in [0.1, 0.15) is 5.75 Å². The number of ether oxygens (including phenoxy) is 1. The van der Waals surface area contributed by atoms with Gasteiger partial charge >= 0.3 is 0 Å². The molecule has 0 saturated carbocycles. The summed E-state index contributed by atoms with van der Waals surface area (Å²) >= 11 is 0. The van der Waals surface area contributed by atoms with Gasteiger partial charge in [-0.1, -0.05) is 12.1 Å². The molecule has 1 saturated heterocycles. The number of hydrogen-bond acceptors (Lipinski definition) is 4. The summed E-state index contributed by atoms with van der Waals surface area (Å²) in [5.41, 5.74) is 1.11. The standard InChI is InChI=1S/C16H25N3O2/c1-18(12-14-4-6-15(21-2)7-5-14)16(20)13-19-10-3-8-17-9-11-19/h4-7,17H,3,8-13H2,1-2H3. The fourth-order valence-electron chi connectivity index (χ4n) is 2.46. The van der Waals surface area contributed by atoms with Gasteiger partial charge in [-0.25, -0.2) is 0 Å². The number of likely N-dealkylation sites (N-methyl/N-ethyl adjacent to an activating group) is 1. The van der Waals surface area contributed by atoms with Crippen LogP contribution in [0.15, 0.2) is 24.3 Å². The van der Waals surface area contributed by atoms with E-state index in [4.69, 9.17) is 4.74 Å². The fourth-order valence-corrected chi connectivity index (χ4v) is 2.46. The molecule has 0 radical (unpaired) electrons. The van der Waals surface area contributed by atoms with Gasteiger partial charge in [-0.3, -0.25) is 9.69 Å². The molecular formula is C16H25N3O2. The van der Waals surface area contributed by atoms with Crippen LogP contribution >= 0.6 is 0 Å². The van der Waals surface area contributed by atoms with Gasteiger partial charge in [-0.2, -0.15) is 0 Å². The van der Waals surface area contributed by atoms with Crippen molar-refractivity contribution in [1.29, 1.82) is 0 Å². The number of hydrogen-bond donors (Lipinski definition) is 1.